The van der Waals surface area contributed by atoms with Crippen LogP contribution in [0.3, 0.4) is 0 Å². The Balaban J connectivity index is 1.70. The lowest BCUT2D eigenvalue weighted by atomic mass is 9.73. The third-order valence-corrected chi connectivity index (χ3v) is 7.46. The van der Waals surface area contributed by atoms with Crippen LogP contribution >= 0.6 is 0 Å². The number of fused-ring (bicyclic) bond motifs is 2. The van der Waals surface area contributed by atoms with E-state index >= 15 is 0 Å². The lowest BCUT2D eigenvalue weighted by Crippen LogP contribution is -2.68. The molecule has 1 aliphatic heterocycles. The summed E-state index contributed by atoms with van der Waals surface area (Å²) in [6.45, 7) is 5.08. The number of Topliss-reactive ketones (excluding diaryl/α,β-unsaturated/α-hetero) is 1. The van der Waals surface area contributed by atoms with E-state index in [0.717, 1.165) is 11.1 Å². The van der Waals surface area contributed by atoms with Gasteiger partial charge in [-0.3, -0.25) is 14.9 Å². The molecule has 2 atom stereocenters. The number of hydrogen-bond acceptors (Lipinski definition) is 7. The third kappa shape index (κ3) is 5.01. The van der Waals surface area contributed by atoms with Gasteiger partial charge in [-0.25, -0.2) is 0 Å². The molecule has 1 heterocycles. The maximum Gasteiger partial charge on any atom is 0.294 e. The van der Waals surface area contributed by atoms with Crippen LogP contribution in [0.2, 0.25) is 0 Å². The Morgan fingerprint density at radius 1 is 0.972 bits per heavy atom. The van der Waals surface area contributed by atoms with Gasteiger partial charge in [-0.05, 0) is 37.8 Å². The molecule has 0 spiro atoms. The Bertz CT molecular complexity index is 1120. The number of nitrogens with one attached hydrogen (secondary N) is 1. The molecule has 0 saturated heterocycles. The topological polar surface area (TPSA) is 93.9 Å². The fourth-order valence-corrected chi connectivity index (χ4v) is 5.52. The predicted molar refractivity (Wildman–Crippen MR) is 137 cm³/mol. The van der Waals surface area contributed by atoms with Crippen LogP contribution in [0.5, 0.6) is 0 Å². The summed E-state index contributed by atoms with van der Waals surface area (Å²) in [5.74, 6) is -1.63. The summed E-state index contributed by atoms with van der Waals surface area (Å²) in [4.78, 5) is 26.8. The number of rotatable bonds is 10. The molecule has 8 heteroatoms. The van der Waals surface area contributed by atoms with Gasteiger partial charge in [0.1, 0.15) is 11.7 Å². The standard InChI is InChI=1S/C28H35N3O5/c1-19-5-9-21(10-6-19)13-15-29-27-26(31(33)34)24-17-23(32)18-25(28(24,35-3)36-4)30(27)16-14-22-11-7-20(2)8-12-22/h5-12,24-25,29H,13-18H2,1-4H3. The number of ether oxygens (including phenoxy) is 2. The van der Waals surface area contributed by atoms with E-state index in [9.17, 15) is 14.9 Å². The minimum atomic E-state index is -1.27. The summed E-state index contributed by atoms with van der Waals surface area (Å²) >= 11 is 0. The third-order valence-electron chi connectivity index (χ3n) is 7.46. The van der Waals surface area contributed by atoms with E-state index in [4.69, 9.17) is 9.47 Å². The zero-order chi connectivity index (χ0) is 25.9. The van der Waals surface area contributed by atoms with E-state index in [1.807, 2.05) is 18.7 Å². The Morgan fingerprint density at radius 3 is 2.06 bits per heavy atom. The van der Waals surface area contributed by atoms with E-state index in [-0.39, 0.29) is 29.2 Å². The van der Waals surface area contributed by atoms with E-state index in [0.29, 0.717) is 31.8 Å². The molecule has 0 radical (unpaired) electrons. The van der Waals surface area contributed by atoms with Crippen molar-refractivity contribution in [3.05, 3.63) is 92.4 Å². The summed E-state index contributed by atoms with van der Waals surface area (Å²) in [5.41, 5.74) is 4.58. The van der Waals surface area contributed by atoms with Crippen LogP contribution in [0.1, 0.15) is 35.1 Å². The molecule has 36 heavy (non-hydrogen) atoms. The monoisotopic (exact) mass is 493 g/mol. The normalized spacial score (nSPS) is 21.0. The maximum atomic E-state index is 12.8. The summed E-state index contributed by atoms with van der Waals surface area (Å²) in [6.07, 6.45) is 1.60. The van der Waals surface area contributed by atoms with Crippen molar-refractivity contribution in [3.63, 3.8) is 0 Å². The molecule has 1 fully saturated rings. The Morgan fingerprint density at radius 2 is 1.53 bits per heavy atom. The van der Waals surface area contributed by atoms with E-state index < -0.39 is 17.7 Å². The van der Waals surface area contributed by atoms with Gasteiger partial charge < -0.3 is 19.7 Å². The molecule has 2 aromatic carbocycles. The molecule has 1 aliphatic carbocycles. The number of hydrogen-bond donors (Lipinski definition) is 1. The van der Waals surface area contributed by atoms with E-state index in [1.165, 1.54) is 25.3 Å². The van der Waals surface area contributed by atoms with Gasteiger partial charge in [-0.15, -0.1) is 0 Å². The number of aryl methyl sites for hydroxylation is 2. The first kappa shape index (κ1) is 25.9. The van der Waals surface area contributed by atoms with Crippen LogP contribution < -0.4 is 5.32 Å². The zero-order valence-electron chi connectivity index (χ0n) is 21.5. The van der Waals surface area contributed by atoms with Gasteiger partial charge in [0.25, 0.3) is 5.70 Å². The van der Waals surface area contributed by atoms with E-state index in [2.05, 4.69) is 53.8 Å². The molecule has 0 amide bonds. The van der Waals surface area contributed by atoms with Crippen molar-refractivity contribution < 1.29 is 19.2 Å². The Labute approximate surface area is 212 Å². The SMILES string of the molecule is COC1(OC)C2CC(=O)CC1N(CCc1ccc(C)cc1)C(NCCc1ccc(C)cc1)=C2[N+](=O)[O-]. The van der Waals surface area contributed by atoms with Gasteiger partial charge in [0.15, 0.2) is 5.82 Å². The molecule has 2 aromatic rings. The van der Waals surface area contributed by atoms with E-state index in [1.54, 1.807) is 0 Å². The van der Waals surface area contributed by atoms with Crippen LogP contribution in [0, 0.1) is 29.9 Å². The van der Waals surface area contributed by atoms with Gasteiger partial charge in [-0.2, -0.15) is 0 Å². The van der Waals surface area contributed by atoms with Crippen molar-refractivity contribution in [2.45, 2.75) is 51.4 Å². The minimum absolute atomic E-state index is 0.0173. The minimum Gasteiger partial charge on any atom is -0.366 e. The largest absolute Gasteiger partial charge is 0.366 e. The van der Waals surface area contributed by atoms with Crippen LogP contribution in [0.15, 0.2) is 60.0 Å². The van der Waals surface area contributed by atoms with Crippen molar-refractivity contribution in [2.75, 3.05) is 27.3 Å². The van der Waals surface area contributed by atoms with Crippen molar-refractivity contribution in [2.24, 2.45) is 5.92 Å². The lowest BCUT2D eigenvalue weighted by molar-refractivity contribution is -0.454. The number of nitrogens with zero attached hydrogens (tertiary/aromatic N) is 2. The van der Waals surface area contributed by atoms with Crippen LogP contribution in [0.25, 0.3) is 0 Å². The highest BCUT2D eigenvalue weighted by molar-refractivity contribution is 5.81. The van der Waals surface area contributed by atoms with Gasteiger partial charge in [-0.1, -0.05) is 59.7 Å². The van der Waals surface area contributed by atoms with Crippen LogP contribution in [0.4, 0.5) is 0 Å². The van der Waals surface area contributed by atoms with Crippen molar-refractivity contribution >= 4 is 5.78 Å². The average molecular weight is 494 g/mol. The number of benzene rings is 2. The second-order valence-electron chi connectivity index (χ2n) is 9.73. The molecule has 2 bridgehead atoms. The number of carbonyl (C=O) groups is 1. The highest BCUT2D eigenvalue weighted by atomic mass is 16.7. The first-order valence-corrected chi connectivity index (χ1v) is 12.4. The van der Waals surface area contributed by atoms with Crippen molar-refractivity contribution in [1.29, 1.82) is 0 Å². The van der Waals surface area contributed by atoms with Crippen molar-refractivity contribution in [1.82, 2.24) is 10.2 Å². The summed E-state index contributed by atoms with van der Waals surface area (Å²) < 4.78 is 11.7. The zero-order valence-corrected chi connectivity index (χ0v) is 21.5. The van der Waals surface area contributed by atoms with Gasteiger partial charge in [0.2, 0.25) is 5.79 Å². The van der Waals surface area contributed by atoms with Gasteiger partial charge in [0, 0.05) is 40.2 Å². The molecule has 1 N–H and O–H groups in total. The lowest BCUT2D eigenvalue weighted by Gasteiger charge is -2.53. The second kappa shape index (κ2) is 10.8. The summed E-state index contributed by atoms with van der Waals surface area (Å²) in [5, 5.41) is 15.9. The second-order valence-corrected chi connectivity index (χ2v) is 9.73. The highest BCUT2D eigenvalue weighted by Gasteiger charge is 2.63. The first-order chi connectivity index (χ1) is 17.3. The van der Waals surface area contributed by atoms with Crippen LogP contribution in [-0.2, 0) is 27.1 Å². The number of ketones is 1. The molecule has 8 nitrogen and oxygen atoms in total. The Hall–Kier alpha value is -3.23. The van der Waals surface area contributed by atoms with Gasteiger partial charge >= 0.3 is 0 Å². The quantitative estimate of drug-likeness (QED) is 0.306. The first-order valence-electron chi connectivity index (χ1n) is 12.4. The summed E-state index contributed by atoms with van der Waals surface area (Å²) in [7, 11) is 3.01. The number of nitro groups is 1. The molecule has 4 rings (SSSR count). The van der Waals surface area contributed by atoms with Gasteiger partial charge in [0.05, 0.1) is 11.0 Å². The molecule has 0 aromatic heterocycles. The fourth-order valence-electron chi connectivity index (χ4n) is 5.52. The highest BCUT2D eigenvalue weighted by Crippen LogP contribution is 2.48. The molecule has 1 saturated carbocycles. The molecule has 192 valence electrons. The predicted octanol–water partition coefficient (Wildman–Crippen LogP) is 3.78. The summed E-state index contributed by atoms with van der Waals surface area (Å²) in [6, 6.07) is 16.0. The fraction of sp³-hybridized carbons (Fsp3) is 0.464. The number of methoxy groups -OCH3 is 2. The number of carbonyl (C=O) groups excluding carboxylic acids is 1. The van der Waals surface area contributed by atoms with Crippen LogP contribution in [-0.4, -0.2) is 54.7 Å². The van der Waals surface area contributed by atoms with Crippen molar-refractivity contribution in [3.8, 4) is 0 Å². The maximum absolute atomic E-state index is 12.8. The molecule has 2 unspecified atom stereocenters. The molecule has 2 aliphatic rings. The average Bonchev–Trinajstić information content (AvgIpc) is 2.85. The Kier molecular flexibility index (Phi) is 7.76. The molecular weight excluding hydrogens is 458 g/mol. The molecular formula is C28H35N3O5. The smallest absolute Gasteiger partial charge is 0.294 e.